The minimum Gasteiger partial charge on any atom is -0.461 e. The van der Waals surface area contributed by atoms with Crippen LogP contribution in [0.25, 0.3) is 11.6 Å². The summed E-state index contributed by atoms with van der Waals surface area (Å²) in [7, 11) is 0. The lowest BCUT2D eigenvalue weighted by Gasteiger charge is -2.06. The van der Waals surface area contributed by atoms with E-state index in [0.29, 0.717) is 11.6 Å². The smallest absolute Gasteiger partial charge is 0.249 e. The zero-order chi connectivity index (χ0) is 14.9. The number of aromatic amines is 1. The summed E-state index contributed by atoms with van der Waals surface area (Å²) >= 11 is 1.57. The number of anilines is 1. The maximum atomic E-state index is 12.3. The first kappa shape index (κ1) is 13.1. The molecule has 1 atom stereocenters. The first-order chi connectivity index (χ1) is 10.8. The molecule has 0 bridgehead atoms. The highest BCUT2D eigenvalue weighted by molar-refractivity contribution is 8.01. The van der Waals surface area contributed by atoms with Crippen molar-refractivity contribution in [3.05, 3.63) is 48.2 Å². The molecule has 0 radical (unpaired) electrons. The number of nitrogens with zero attached hydrogens (tertiary/aromatic N) is 2. The van der Waals surface area contributed by atoms with E-state index in [9.17, 15) is 4.79 Å². The molecule has 3 heterocycles. The van der Waals surface area contributed by atoms with E-state index in [0.717, 1.165) is 11.3 Å². The fourth-order valence-corrected chi connectivity index (χ4v) is 3.56. The highest BCUT2D eigenvalue weighted by Crippen LogP contribution is 2.37. The van der Waals surface area contributed by atoms with Gasteiger partial charge in [-0.2, -0.15) is 4.98 Å². The van der Waals surface area contributed by atoms with Gasteiger partial charge in [0.1, 0.15) is 0 Å². The Balaban J connectivity index is 1.45. The Bertz CT molecular complexity index is 788. The number of fused-ring (bicyclic) bond motifs is 1. The van der Waals surface area contributed by atoms with Gasteiger partial charge in [0.05, 0.1) is 11.5 Å². The van der Waals surface area contributed by atoms with Crippen molar-refractivity contribution in [1.29, 1.82) is 0 Å². The van der Waals surface area contributed by atoms with Crippen LogP contribution in [0, 0.1) is 0 Å². The Morgan fingerprint density at radius 1 is 1.32 bits per heavy atom. The molecule has 0 aliphatic carbocycles. The Hall–Kier alpha value is -2.54. The molecule has 3 aromatic rings. The SMILES string of the molecule is O=C(Nc1n[nH]c(-c2ccco2)n1)[C@H]1Cc2ccccc2S1. The molecule has 110 valence electrons. The van der Waals surface area contributed by atoms with Crippen LogP contribution in [0.5, 0.6) is 0 Å². The maximum absolute atomic E-state index is 12.3. The van der Waals surface area contributed by atoms with E-state index in [1.165, 1.54) is 5.56 Å². The predicted molar refractivity (Wildman–Crippen MR) is 82.5 cm³/mol. The normalized spacial score (nSPS) is 16.5. The van der Waals surface area contributed by atoms with Crippen LogP contribution in [0.1, 0.15) is 5.56 Å². The molecule has 2 aromatic heterocycles. The van der Waals surface area contributed by atoms with Crippen LogP contribution in [0.15, 0.2) is 52.0 Å². The van der Waals surface area contributed by atoms with Crippen molar-refractivity contribution >= 4 is 23.6 Å². The van der Waals surface area contributed by atoms with Gasteiger partial charge in [0.25, 0.3) is 0 Å². The minimum atomic E-state index is -0.150. The molecule has 0 fully saturated rings. The van der Waals surface area contributed by atoms with Gasteiger partial charge in [-0.15, -0.1) is 16.9 Å². The molecule has 22 heavy (non-hydrogen) atoms. The molecule has 0 unspecified atom stereocenters. The van der Waals surface area contributed by atoms with Crippen LogP contribution in [-0.4, -0.2) is 26.3 Å². The first-order valence-corrected chi connectivity index (χ1v) is 7.69. The second-order valence-electron chi connectivity index (χ2n) is 4.89. The number of benzene rings is 1. The van der Waals surface area contributed by atoms with Gasteiger partial charge in [-0.05, 0) is 30.2 Å². The third-order valence-electron chi connectivity index (χ3n) is 3.41. The third-order valence-corrected chi connectivity index (χ3v) is 4.73. The quantitative estimate of drug-likeness (QED) is 0.777. The standard InChI is InChI=1S/C15H12N4O2S/c20-14(12-8-9-4-1-2-6-11(9)22-12)17-15-16-13(18-19-15)10-5-3-7-21-10/h1-7,12H,8H2,(H2,16,17,18,19,20)/t12-/m1/s1. The third kappa shape index (κ3) is 2.39. The summed E-state index contributed by atoms with van der Waals surface area (Å²) in [5.41, 5.74) is 1.21. The minimum absolute atomic E-state index is 0.0915. The Morgan fingerprint density at radius 3 is 3.05 bits per heavy atom. The summed E-state index contributed by atoms with van der Waals surface area (Å²) in [4.78, 5) is 17.7. The largest absolute Gasteiger partial charge is 0.461 e. The van der Waals surface area contributed by atoms with E-state index < -0.39 is 0 Å². The van der Waals surface area contributed by atoms with Crippen LogP contribution in [0.3, 0.4) is 0 Å². The molecule has 1 aliphatic rings. The number of carbonyl (C=O) groups excluding carboxylic acids is 1. The monoisotopic (exact) mass is 312 g/mol. The van der Waals surface area contributed by atoms with Gasteiger partial charge in [-0.1, -0.05) is 18.2 Å². The number of rotatable bonds is 3. The molecule has 1 amide bonds. The van der Waals surface area contributed by atoms with Crippen molar-refractivity contribution in [2.45, 2.75) is 16.6 Å². The van der Waals surface area contributed by atoms with Crippen LogP contribution in [0.2, 0.25) is 0 Å². The molecule has 4 rings (SSSR count). The average Bonchev–Trinajstić information content (AvgIpc) is 3.26. The van der Waals surface area contributed by atoms with Crippen LogP contribution in [0.4, 0.5) is 5.95 Å². The van der Waals surface area contributed by atoms with E-state index in [1.807, 2.05) is 18.2 Å². The summed E-state index contributed by atoms with van der Waals surface area (Å²) in [6.45, 7) is 0. The molecular formula is C15H12N4O2S. The van der Waals surface area contributed by atoms with Gasteiger partial charge in [0.2, 0.25) is 11.9 Å². The summed E-state index contributed by atoms with van der Waals surface area (Å²) in [5, 5.41) is 9.34. The number of amides is 1. The average molecular weight is 312 g/mol. The topological polar surface area (TPSA) is 83.8 Å². The van der Waals surface area contributed by atoms with E-state index in [1.54, 1.807) is 30.2 Å². The molecular weight excluding hydrogens is 300 g/mol. The van der Waals surface area contributed by atoms with Gasteiger partial charge >= 0.3 is 0 Å². The number of nitrogens with one attached hydrogen (secondary N) is 2. The first-order valence-electron chi connectivity index (χ1n) is 6.81. The lowest BCUT2D eigenvalue weighted by molar-refractivity contribution is -0.115. The summed E-state index contributed by atoms with van der Waals surface area (Å²) < 4.78 is 5.23. The Morgan fingerprint density at radius 2 is 2.23 bits per heavy atom. The van der Waals surface area contributed by atoms with Gasteiger partial charge in [-0.3, -0.25) is 15.2 Å². The van der Waals surface area contributed by atoms with Crippen LogP contribution in [-0.2, 0) is 11.2 Å². The number of carbonyl (C=O) groups is 1. The van der Waals surface area contributed by atoms with E-state index in [-0.39, 0.29) is 17.1 Å². The molecule has 0 spiro atoms. The van der Waals surface area contributed by atoms with Gasteiger partial charge in [-0.25, -0.2) is 0 Å². The molecule has 0 saturated heterocycles. The van der Waals surface area contributed by atoms with Crippen molar-refractivity contribution in [3.8, 4) is 11.6 Å². The zero-order valence-corrected chi connectivity index (χ0v) is 12.3. The molecule has 1 aromatic carbocycles. The second-order valence-corrected chi connectivity index (χ2v) is 6.14. The lowest BCUT2D eigenvalue weighted by Crippen LogP contribution is -2.25. The summed E-state index contributed by atoms with van der Waals surface area (Å²) in [5.74, 6) is 1.23. The van der Waals surface area contributed by atoms with Crippen molar-refractivity contribution < 1.29 is 9.21 Å². The van der Waals surface area contributed by atoms with Crippen LogP contribution < -0.4 is 5.32 Å². The zero-order valence-electron chi connectivity index (χ0n) is 11.4. The number of H-pyrrole nitrogens is 1. The van der Waals surface area contributed by atoms with Gasteiger partial charge in [0, 0.05) is 4.90 Å². The van der Waals surface area contributed by atoms with Gasteiger partial charge in [0.15, 0.2) is 11.6 Å². The molecule has 7 heteroatoms. The second kappa shape index (κ2) is 5.34. The summed E-state index contributed by atoms with van der Waals surface area (Å²) in [6, 6.07) is 11.6. The lowest BCUT2D eigenvalue weighted by atomic mass is 10.1. The fraction of sp³-hybridized carbons (Fsp3) is 0.133. The number of furan rings is 1. The van der Waals surface area contributed by atoms with Gasteiger partial charge < -0.3 is 4.42 Å². The van der Waals surface area contributed by atoms with Crippen LogP contribution >= 0.6 is 11.8 Å². The molecule has 1 aliphatic heterocycles. The van der Waals surface area contributed by atoms with E-state index in [4.69, 9.17) is 4.42 Å². The maximum Gasteiger partial charge on any atom is 0.249 e. The highest BCUT2D eigenvalue weighted by atomic mass is 32.2. The van der Waals surface area contributed by atoms with Crippen molar-refractivity contribution in [2.75, 3.05) is 5.32 Å². The number of aromatic nitrogens is 3. The van der Waals surface area contributed by atoms with Crippen molar-refractivity contribution in [3.63, 3.8) is 0 Å². The molecule has 6 nitrogen and oxygen atoms in total. The fourth-order valence-electron chi connectivity index (χ4n) is 2.36. The van der Waals surface area contributed by atoms with E-state index >= 15 is 0 Å². The molecule has 0 saturated carbocycles. The van der Waals surface area contributed by atoms with Crippen molar-refractivity contribution in [2.24, 2.45) is 0 Å². The highest BCUT2D eigenvalue weighted by Gasteiger charge is 2.28. The Kier molecular flexibility index (Phi) is 3.19. The Labute approximate surface area is 130 Å². The summed E-state index contributed by atoms with van der Waals surface area (Å²) in [6.07, 6.45) is 2.28. The van der Waals surface area contributed by atoms with E-state index in [2.05, 4.69) is 26.6 Å². The number of thioether (sulfide) groups is 1. The predicted octanol–water partition coefficient (Wildman–Crippen LogP) is 2.72. The number of hydrogen-bond donors (Lipinski definition) is 2. The molecule has 2 N–H and O–H groups in total. The van der Waals surface area contributed by atoms with Crippen molar-refractivity contribution in [1.82, 2.24) is 15.2 Å². The number of hydrogen-bond acceptors (Lipinski definition) is 5.